The summed E-state index contributed by atoms with van der Waals surface area (Å²) >= 11 is 0. The van der Waals surface area contributed by atoms with E-state index in [0.29, 0.717) is 36.2 Å². The summed E-state index contributed by atoms with van der Waals surface area (Å²) in [5.41, 5.74) is -0.387. The quantitative estimate of drug-likeness (QED) is 0.622. The molecule has 10 heteroatoms. The van der Waals surface area contributed by atoms with Gasteiger partial charge >= 0.3 is 11.1 Å². The number of piperidine rings is 1. The average molecular weight is 380 g/mol. The van der Waals surface area contributed by atoms with E-state index < -0.39 is 21.1 Å². The number of fused-ring (bicyclic) bond motifs is 1. The number of aromatic amines is 2. The number of benzene rings is 1. The lowest BCUT2D eigenvalue weighted by Crippen LogP contribution is -2.43. The number of hydrogen-bond acceptors (Lipinski definition) is 5. The average Bonchev–Trinajstić information content (AvgIpc) is 2.60. The summed E-state index contributed by atoms with van der Waals surface area (Å²) in [6, 6.07) is 4.59. The summed E-state index contributed by atoms with van der Waals surface area (Å²) in [4.78, 5) is 39.9. The second-order valence-electron chi connectivity index (χ2n) is 6.51. The maximum atomic E-state index is 12.4. The number of nitrogens with one attached hydrogen (secondary N) is 3. The molecule has 2 aromatic rings. The molecule has 1 aliphatic rings. The van der Waals surface area contributed by atoms with Gasteiger partial charge in [0, 0.05) is 25.2 Å². The molecule has 3 rings (SSSR count). The van der Waals surface area contributed by atoms with E-state index in [1.54, 1.807) is 12.1 Å². The Bertz CT molecular complexity index is 1060. The van der Waals surface area contributed by atoms with E-state index in [9.17, 15) is 22.8 Å². The fourth-order valence-corrected chi connectivity index (χ4v) is 4.03. The number of carbonyl (C=O) groups is 1. The lowest BCUT2D eigenvalue weighted by Gasteiger charge is -2.30. The van der Waals surface area contributed by atoms with E-state index in [0.717, 1.165) is 12.8 Å². The van der Waals surface area contributed by atoms with Crippen LogP contribution in [0.25, 0.3) is 11.0 Å². The molecule has 2 heterocycles. The number of sulfonamides is 1. The van der Waals surface area contributed by atoms with E-state index in [4.69, 9.17) is 0 Å². The van der Waals surface area contributed by atoms with Gasteiger partial charge in [0.25, 0.3) is 5.91 Å². The molecule has 1 atom stereocenters. The number of amides is 1. The number of hydrogen-bond donors (Lipinski definition) is 3. The van der Waals surface area contributed by atoms with Crippen LogP contribution in [0.3, 0.4) is 0 Å². The van der Waals surface area contributed by atoms with E-state index in [1.165, 1.54) is 16.6 Å². The van der Waals surface area contributed by atoms with Gasteiger partial charge < -0.3 is 15.3 Å². The highest BCUT2D eigenvalue weighted by atomic mass is 32.2. The number of H-pyrrole nitrogens is 2. The largest absolute Gasteiger partial charge is 0.352 e. The molecular formula is C16H20N4O5S. The first-order valence-electron chi connectivity index (χ1n) is 8.24. The summed E-state index contributed by atoms with van der Waals surface area (Å²) in [5.74, 6) is -0.269. The predicted octanol–water partition coefficient (Wildman–Crippen LogP) is -0.382. The van der Waals surface area contributed by atoms with E-state index >= 15 is 0 Å². The molecule has 140 valence electrons. The summed E-state index contributed by atoms with van der Waals surface area (Å²) in [6.45, 7) is 1.27. The van der Waals surface area contributed by atoms with Gasteiger partial charge in [-0.1, -0.05) is 0 Å². The van der Waals surface area contributed by atoms with Crippen molar-refractivity contribution in [2.24, 2.45) is 5.92 Å². The minimum atomic E-state index is -3.22. The molecule has 0 saturated carbocycles. The van der Waals surface area contributed by atoms with Crippen LogP contribution in [0.4, 0.5) is 0 Å². The second-order valence-corrected chi connectivity index (χ2v) is 8.49. The van der Waals surface area contributed by atoms with E-state index in [-0.39, 0.29) is 11.8 Å². The normalized spacial score (nSPS) is 18.7. The maximum absolute atomic E-state index is 12.4. The molecule has 1 saturated heterocycles. The van der Waals surface area contributed by atoms with Gasteiger partial charge in [0.1, 0.15) is 0 Å². The molecule has 1 fully saturated rings. The van der Waals surface area contributed by atoms with Crippen molar-refractivity contribution in [2.45, 2.75) is 12.8 Å². The third kappa shape index (κ3) is 4.02. The molecular weight excluding hydrogens is 360 g/mol. The molecule has 1 aromatic heterocycles. The van der Waals surface area contributed by atoms with Crippen molar-refractivity contribution < 1.29 is 13.2 Å². The van der Waals surface area contributed by atoms with Crippen molar-refractivity contribution in [3.05, 3.63) is 44.5 Å². The first kappa shape index (κ1) is 18.3. The Hall–Kier alpha value is -2.46. The molecule has 1 aliphatic heterocycles. The van der Waals surface area contributed by atoms with Crippen LogP contribution in [0, 0.1) is 5.92 Å². The zero-order chi connectivity index (χ0) is 18.9. The molecule has 26 heavy (non-hydrogen) atoms. The highest BCUT2D eigenvalue weighted by molar-refractivity contribution is 7.88. The third-order valence-electron chi connectivity index (χ3n) is 4.49. The second kappa shape index (κ2) is 7.04. The molecule has 1 amide bonds. The van der Waals surface area contributed by atoms with Crippen LogP contribution in [0.15, 0.2) is 27.8 Å². The minimum Gasteiger partial charge on any atom is -0.352 e. The fraction of sp³-hybridized carbons (Fsp3) is 0.438. The standard InChI is InChI=1S/C16H20N4O5S/c1-26(24,25)20-6-2-3-10(9-20)8-17-14(21)11-4-5-12-13(7-11)19-16(23)15(22)18-12/h4-5,7,10H,2-3,6,8-9H2,1H3,(H,17,21)(H,18,22)(H,19,23). The maximum Gasteiger partial charge on any atom is 0.314 e. The number of aromatic nitrogens is 2. The van der Waals surface area contributed by atoms with Crippen LogP contribution in [0.5, 0.6) is 0 Å². The highest BCUT2D eigenvalue weighted by Gasteiger charge is 2.26. The molecule has 9 nitrogen and oxygen atoms in total. The first-order chi connectivity index (χ1) is 12.2. The Kier molecular flexibility index (Phi) is 4.97. The first-order valence-corrected chi connectivity index (χ1v) is 10.1. The van der Waals surface area contributed by atoms with Crippen LogP contribution >= 0.6 is 0 Å². The van der Waals surface area contributed by atoms with Crippen molar-refractivity contribution in [1.82, 2.24) is 19.6 Å². The van der Waals surface area contributed by atoms with E-state index in [1.807, 2.05) is 0 Å². The molecule has 1 aromatic carbocycles. The molecule has 0 aliphatic carbocycles. The van der Waals surface area contributed by atoms with Crippen LogP contribution in [0.2, 0.25) is 0 Å². The highest BCUT2D eigenvalue weighted by Crippen LogP contribution is 2.18. The lowest BCUT2D eigenvalue weighted by molar-refractivity contribution is 0.0941. The predicted molar refractivity (Wildman–Crippen MR) is 96.7 cm³/mol. The summed E-state index contributed by atoms with van der Waals surface area (Å²) in [7, 11) is -3.22. The van der Waals surface area contributed by atoms with E-state index in [2.05, 4.69) is 15.3 Å². The van der Waals surface area contributed by atoms with Gasteiger partial charge in [-0.3, -0.25) is 14.4 Å². The zero-order valence-corrected chi connectivity index (χ0v) is 15.1. The number of rotatable bonds is 4. The lowest BCUT2D eigenvalue weighted by atomic mass is 9.99. The Morgan fingerprint density at radius 3 is 2.62 bits per heavy atom. The van der Waals surface area contributed by atoms with Gasteiger partial charge in [-0.15, -0.1) is 0 Å². The Morgan fingerprint density at radius 2 is 1.92 bits per heavy atom. The number of nitrogens with zero attached hydrogens (tertiary/aromatic N) is 1. The monoisotopic (exact) mass is 380 g/mol. The van der Waals surface area contributed by atoms with Gasteiger partial charge in [-0.25, -0.2) is 12.7 Å². The smallest absolute Gasteiger partial charge is 0.314 e. The molecule has 1 unspecified atom stereocenters. The van der Waals surface area contributed by atoms with Gasteiger partial charge in [-0.2, -0.15) is 0 Å². The van der Waals surface area contributed by atoms with Gasteiger partial charge in [0.2, 0.25) is 10.0 Å². The summed E-state index contributed by atoms with van der Waals surface area (Å²) in [6.07, 6.45) is 2.80. The molecule has 3 N–H and O–H groups in total. The summed E-state index contributed by atoms with van der Waals surface area (Å²) in [5, 5.41) is 2.81. The van der Waals surface area contributed by atoms with Crippen molar-refractivity contribution in [3.63, 3.8) is 0 Å². The van der Waals surface area contributed by atoms with Gasteiger partial charge in [0.05, 0.1) is 17.3 Å². The molecule has 0 spiro atoms. The Labute approximate surface area is 149 Å². The van der Waals surface area contributed by atoms with Crippen molar-refractivity contribution >= 4 is 27.0 Å². The molecule has 0 bridgehead atoms. The minimum absolute atomic E-state index is 0.0547. The number of carbonyl (C=O) groups excluding carboxylic acids is 1. The van der Waals surface area contributed by atoms with Gasteiger partial charge in [0.15, 0.2) is 0 Å². The summed E-state index contributed by atoms with van der Waals surface area (Å²) < 4.78 is 24.7. The van der Waals surface area contributed by atoms with Gasteiger partial charge in [-0.05, 0) is 37.0 Å². The third-order valence-corrected chi connectivity index (χ3v) is 5.76. The Morgan fingerprint density at radius 1 is 1.23 bits per heavy atom. The fourth-order valence-electron chi connectivity index (χ4n) is 3.09. The van der Waals surface area contributed by atoms with Crippen LogP contribution in [0.1, 0.15) is 23.2 Å². The Balaban J connectivity index is 1.68. The van der Waals surface area contributed by atoms with Crippen molar-refractivity contribution in [3.8, 4) is 0 Å². The van der Waals surface area contributed by atoms with Crippen LogP contribution < -0.4 is 16.4 Å². The van der Waals surface area contributed by atoms with Crippen molar-refractivity contribution in [2.75, 3.05) is 25.9 Å². The topological polar surface area (TPSA) is 132 Å². The zero-order valence-electron chi connectivity index (χ0n) is 14.2. The SMILES string of the molecule is CS(=O)(=O)N1CCCC(CNC(=O)c2ccc3[nH]c(=O)c(=O)[nH]c3c2)C1. The molecule has 0 radical (unpaired) electrons. The van der Waals surface area contributed by atoms with Crippen molar-refractivity contribution in [1.29, 1.82) is 0 Å². The van der Waals surface area contributed by atoms with Crippen LogP contribution in [-0.2, 0) is 10.0 Å². The van der Waals surface area contributed by atoms with Crippen LogP contribution in [-0.4, -0.2) is 54.5 Å².